The molecule has 51 heavy (non-hydrogen) atoms. The van der Waals surface area contributed by atoms with Gasteiger partial charge in [0.15, 0.2) is 17.5 Å². The smallest absolute Gasteiger partial charge is 0.418 e. The molecular weight excluding hydrogens is 684 g/mol. The van der Waals surface area contributed by atoms with Crippen LogP contribution < -0.4 is 15.9 Å². The molecule has 258 valence electrons. The van der Waals surface area contributed by atoms with Crippen molar-refractivity contribution in [2.45, 2.75) is 25.5 Å². The first kappa shape index (κ1) is 34.3. The second kappa shape index (κ2) is 13.4. The highest BCUT2D eigenvalue weighted by Crippen LogP contribution is 2.36. The minimum atomic E-state index is -2.02. The molecule has 1 fully saturated rings. The summed E-state index contributed by atoms with van der Waals surface area (Å²) in [5.41, 5.74) is -2.41. The third-order valence-electron chi connectivity index (χ3n) is 7.94. The summed E-state index contributed by atoms with van der Waals surface area (Å²) in [6.45, 7) is 2.67. The number of aromatic nitrogens is 2. The van der Waals surface area contributed by atoms with Gasteiger partial charge in [0.1, 0.15) is 0 Å². The number of carbonyl (C=O) groups is 4. The molecule has 16 heteroatoms. The Balaban J connectivity index is 1.68. The average Bonchev–Trinajstić information content (AvgIpc) is 3.32. The van der Waals surface area contributed by atoms with Crippen molar-refractivity contribution in [3.63, 3.8) is 0 Å². The lowest BCUT2D eigenvalue weighted by Gasteiger charge is -2.32. The molecule has 5 aromatic rings. The van der Waals surface area contributed by atoms with Gasteiger partial charge in [0.05, 0.1) is 50.6 Å². The Labute approximate surface area is 293 Å². The molecule has 0 radical (unpaired) electrons. The lowest BCUT2D eigenvalue weighted by molar-refractivity contribution is -0.384. The Morgan fingerprint density at radius 2 is 1.59 bits per heavy atom. The van der Waals surface area contributed by atoms with E-state index in [4.69, 9.17) is 21.1 Å². The van der Waals surface area contributed by atoms with Gasteiger partial charge in [-0.15, -0.1) is 0 Å². The van der Waals surface area contributed by atoms with E-state index in [0.717, 1.165) is 16.8 Å². The fourth-order valence-corrected chi connectivity index (χ4v) is 5.67. The Kier molecular flexibility index (Phi) is 8.98. The van der Waals surface area contributed by atoms with Crippen LogP contribution in [0.4, 0.5) is 27.5 Å². The number of nitrogens with one attached hydrogen (secondary N) is 1. The first-order chi connectivity index (χ1) is 24.3. The molecule has 1 aromatic heterocycles. The Morgan fingerprint density at radius 1 is 0.961 bits per heavy atom. The molecule has 0 aliphatic carbocycles. The Hall–Kier alpha value is -6.61. The second-order valence-electron chi connectivity index (χ2n) is 11.7. The van der Waals surface area contributed by atoms with Crippen LogP contribution in [0.25, 0.3) is 10.9 Å². The van der Waals surface area contributed by atoms with Crippen LogP contribution in [0.3, 0.4) is 0 Å². The Morgan fingerprint density at radius 3 is 2.14 bits per heavy atom. The van der Waals surface area contributed by atoms with Gasteiger partial charge in [0, 0.05) is 12.1 Å². The summed E-state index contributed by atoms with van der Waals surface area (Å²) < 4.78 is 11.1. The van der Waals surface area contributed by atoms with E-state index in [0.29, 0.717) is 16.3 Å². The molecule has 1 aliphatic heterocycles. The number of rotatable bonds is 9. The van der Waals surface area contributed by atoms with Crippen LogP contribution in [0, 0.1) is 10.1 Å². The van der Waals surface area contributed by atoms with Gasteiger partial charge in [-0.25, -0.2) is 24.5 Å². The maximum absolute atomic E-state index is 14.7. The standard InChI is InChI=1S/C35H27ClN6O9/c1-35(2)33(46)39(34(47)51-35)28(30(43)38-27-18-20(32(45)50-3)14-16-25(27)36)29-37-26-17-15-23(42(48)49)19-24(26)31(44)41(29)40(21-10-6-4-7-11-21)22-12-8-5-9-13-22/h4-19,28H,1-3H3,(H,38,43). The number of nitro groups is 1. The topological polar surface area (TPSA) is 183 Å². The monoisotopic (exact) mass is 710 g/mol. The third-order valence-corrected chi connectivity index (χ3v) is 8.27. The molecular formula is C35H27ClN6O9. The number of imide groups is 1. The normalized spacial score (nSPS) is 14.2. The highest BCUT2D eigenvalue weighted by molar-refractivity contribution is 6.34. The van der Waals surface area contributed by atoms with Crippen molar-refractivity contribution in [1.82, 2.24) is 14.6 Å². The van der Waals surface area contributed by atoms with Gasteiger partial charge in [0.25, 0.3) is 23.1 Å². The second-order valence-corrected chi connectivity index (χ2v) is 12.1. The number of nitrogens with zero attached hydrogens (tertiary/aromatic N) is 5. The number of hydrogen-bond donors (Lipinski definition) is 1. The minimum Gasteiger partial charge on any atom is -0.465 e. The first-order valence-corrected chi connectivity index (χ1v) is 15.6. The van der Waals surface area contributed by atoms with E-state index >= 15 is 0 Å². The van der Waals surface area contributed by atoms with Crippen LogP contribution in [0.5, 0.6) is 0 Å². The lowest BCUT2D eigenvalue weighted by atomic mass is 10.1. The molecule has 2 heterocycles. The average molecular weight is 711 g/mol. The van der Waals surface area contributed by atoms with Gasteiger partial charge in [-0.3, -0.25) is 24.5 Å². The molecule has 3 amide bonds. The number of fused-ring (bicyclic) bond motifs is 1. The quantitative estimate of drug-likeness (QED) is 0.111. The van der Waals surface area contributed by atoms with Crippen molar-refractivity contribution in [2.24, 2.45) is 0 Å². The molecule has 1 atom stereocenters. The molecule has 0 saturated carbocycles. The van der Waals surface area contributed by atoms with Crippen LogP contribution in [0.15, 0.2) is 102 Å². The lowest BCUT2D eigenvalue weighted by Crippen LogP contribution is -2.48. The van der Waals surface area contributed by atoms with Crippen LogP contribution in [-0.4, -0.2) is 56.1 Å². The highest BCUT2D eigenvalue weighted by atomic mass is 35.5. The number of hydrogen-bond acceptors (Lipinski definition) is 11. The number of anilines is 3. The Bertz CT molecular complexity index is 2260. The van der Waals surface area contributed by atoms with E-state index in [1.165, 1.54) is 50.2 Å². The number of carbonyl (C=O) groups excluding carboxylic acids is 4. The zero-order chi connectivity index (χ0) is 36.6. The van der Waals surface area contributed by atoms with Gasteiger partial charge < -0.3 is 14.8 Å². The first-order valence-electron chi connectivity index (χ1n) is 15.2. The van der Waals surface area contributed by atoms with Crippen molar-refractivity contribution in [3.8, 4) is 0 Å². The summed E-state index contributed by atoms with van der Waals surface area (Å²) in [7, 11) is 1.17. The molecule has 0 bridgehead atoms. The largest absolute Gasteiger partial charge is 0.465 e. The van der Waals surface area contributed by atoms with Crippen LogP contribution >= 0.6 is 11.6 Å². The van der Waals surface area contributed by atoms with Gasteiger partial charge in [-0.05, 0) is 62.4 Å². The number of cyclic esters (lactones) is 1. The van der Waals surface area contributed by atoms with Crippen LogP contribution in [0.1, 0.15) is 36.1 Å². The SMILES string of the molecule is COC(=O)c1ccc(Cl)c(NC(=O)C(c2nc3ccc([N+](=O)[O-])cc3c(=O)n2N(c2ccccc2)c2ccccc2)N2C(=O)OC(C)(C)C2=O)c1. The summed E-state index contributed by atoms with van der Waals surface area (Å²) in [5, 5.41) is 15.5. The molecule has 1 unspecified atom stereocenters. The third kappa shape index (κ3) is 6.33. The molecule has 1 saturated heterocycles. The zero-order valence-electron chi connectivity index (χ0n) is 27.1. The summed E-state index contributed by atoms with van der Waals surface area (Å²) in [4.78, 5) is 85.3. The number of ether oxygens (including phenoxy) is 2. The van der Waals surface area contributed by atoms with Crippen molar-refractivity contribution in [3.05, 3.63) is 134 Å². The number of esters is 1. The van der Waals surface area contributed by atoms with Gasteiger partial charge in [-0.1, -0.05) is 48.0 Å². The highest BCUT2D eigenvalue weighted by Gasteiger charge is 2.54. The molecule has 1 aliphatic rings. The van der Waals surface area contributed by atoms with Gasteiger partial charge in [0.2, 0.25) is 0 Å². The molecule has 1 N–H and O–H groups in total. The number of para-hydroxylation sites is 2. The predicted molar refractivity (Wildman–Crippen MR) is 185 cm³/mol. The number of benzene rings is 4. The van der Waals surface area contributed by atoms with Crippen molar-refractivity contribution < 1.29 is 33.6 Å². The van der Waals surface area contributed by atoms with E-state index < -0.39 is 57.5 Å². The fraction of sp³-hybridized carbons (Fsp3) is 0.143. The fourth-order valence-electron chi connectivity index (χ4n) is 5.51. The summed E-state index contributed by atoms with van der Waals surface area (Å²) in [6.07, 6.45) is -1.21. The van der Waals surface area contributed by atoms with Crippen molar-refractivity contribution in [1.29, 1.82) is 0 Å². The van der Waals surface area contributed by atoms with E-state index in [9.17, 15) is 34.1 Å². The summed E-state index contributed by atoms with van der Waals surface area (Å²) in [5.74, 6) is -3.20. The van der Waals surface area contributed by atoms with Crippen LogP contribution in [0.2, 0.25) is 5.02 Å². The summed E-state index contributed by atoms with van der Waals surface area (Å²) >= 11 is 6.41. The van der Waals surface area contributed by atoms with Gasteiger partial charge in [-0.2, -0.15) is 4.68 Å². The van der Waals surface area contributed by atoms with Crippen LogP contribution in [-0.2, 0) is 19.1 Å². The van der Waals surface area contributed by atoms with E-state index in [1.54, 1.807) is 60.7 Å². The van der Waals surface area contributed by atoms with Crippen molar-refractivity contribution in [2.75, 3.05) is 17.4 Å². The van der Waals surface area contributed by atoms with E-state index in [1.807, 2.05) is 0 Å². The minimum absolute atomic E-state index is 0.0169. The maximum Gasteiger partial charge on any atom is 0.418 e. The van der Waals surface area contributed by atoms with Gasteiger partial charge >= 0.3 is 12.1 Å². The molecule has 0 spiro atoms. The molecule has 6 rings (SSSR count). The summed E-state index contributed by atoms with van der Waals surface area (Å²) in [6, 6.07) is 22.2. The molecule has 15 nitrogen and oxygen atoms in total. The maximum atomic E-state index is 14.7. The van der Waals surface area contributed by atoms with Crippen molar-refractivity contribution >= 4 is 69.1 Å². The number of non-ortho nitro benzene ring substituents is 1. The van der Waals surface area contributed by atoms with E-state index in [2.05, 4.69) is 10.3 Å². The zero-order valence-corrected chi connectivity index (χ0v) is 27.9. The number of amides is 3. The number of halogens is 1. The molecule has 4 aromatic carbocycles. The number of methoxy groups -OCH3 is 1. The predicted octanol–water partition coefficient (Wildman–Crippen LogP) is 5.78. The number of nitro benzene ring substituents is 1. The van der Waals surface area contributed by atoms with E-state index in [-0.39, 0.29) is 27.2 Å².